The maximum atomic E-state index is 4.62. The second-order valence-electron chi connectivity index (χ2n) is 5.24. The number of thiocarbonyl (C=S) groups is 1. The topological polar surface area (TPSA) is 12.4 Å². The molecular weight excluding hydrogens is 250 g/mol. The Hall–Kier alpha value is -1.24. The van der Waals surface area contributed by atoms with E-state index in [-0.39, 0.29) is 0 Å². The average Bonchev–Trinajstić information content (AvgIpc) is 2.47. The molecule has 2 rings (SSSR count). The molecule has 1 aliphatic carbocycles. The van der Waals surface area contributed by atoms with E-state index in [2.05, 4.69) is 53.6 Å². The van der Waals surface area contributed by atoms with Gasteiger partial charge in [0.25, 0.3) is 0 Å². The third-order valence-corrected chi connectivity index (χ3v) is 4.05. The molecule has 1 aromatic rings. The first-order valence-corrected chi connectivity index (χ1v) is 7.58. The number of aliphatic imine (C=N–C) groups is 1. The van der Waals surface area contributed by atoms with Crippen molar-refractivity contribution in [3.05, 3.63) is 42.0 Å². The van der Waals surface area contributed by atoms with Gasteiger partial charge in [-0.05, 0) is 73.9 Å². The van der Waals surface area contributed by atoms with Gasteiger partial charge in [-0.3, -0.25) is 0 Å². The van der Waals surface area contributed by atoms with E-state index >= 15 is 0 Å². The molecular formula is C17H21NS. The Balaban J connectivity index is 1.93. The van der Waals surface area contributed by atoms with Crippen LogP contribution in [0.1, 0.15) is 50.5 Å². The molecule has 0 N–H and O–H groups in total. The van der Waals surface area contributed by atoms with Crippen LogP contribution >= 0.6 is 12.2 Å². The highest BCUT2D eigenvalue weighted by molar-refractivity contribution is 7.78. The van der Waals surface area contributed by atoms with Crippen LogP contribution in [-0.2, 0) is 0 Å². The first-order valence-electron chi connectivity index (χ1n) is 7.18. The van der Waals surface area contributed by atoms with Crippen molar-refractivity contribution >= 4 is 23.1 Å². The largest absolute Gasteiger partial charge is 0.195 e. The molecule has 1 aliphatic rings. The molecule has 1 fully saturated rings. The summed E-state index contributed by atoms with van der Waals surface area (Å²) in [5.41, 5.74) is 2.35. The molecule has 0 unspecified atom stereocenters. The van der Waals surface area contributed by atoms with Crippen LogP contribution in [0, 0.1) is 5.92 Å². The van der Waals surface area contributed by atoms with Crippen molar-refractivity contribution in [2.75, 3.05) is 0 Å². The Morgan fingerprint density at radius 3 is 2.47 bits per heavy atom. The lowest BCUT2D eigenvalue weighted by Crippen LogP contribution is -2.11. The number of hydrogen-bond donors (Lipinski definition) is 0. The zero-order valence-corrected chi connectivity index (χ0v) is 12.3. The first-order chi connectivity index (χ1) is 9.33. The molecule has 0 spiro atoms. The summed E-state index contributed by atoms with van der Waals surface area (Å²) < 4.78 is 0. The summed E-state index contributed by atoms with van der Waals surface area (Å²) in [7, 11) is 0. The van der Waals surface area contributed by atoms with Crippen molar-refractivity contribution in [1.82, 2.24) is 0 Å². The van der Waals surface area contributed by atoms with Crippen LogP contribution in [0.25, 0.3) is 0 Å². The number of rotatable bonds is 4. The summed E-state index contributed by atoms with van der Waals surface area (Å²) in [6.07, 6.45) is 11.1. The van der Waals surface area contributed by atoms with Gasteiger partial charge >= 0.3 is 0 Å². The van der Waals surface area contributed by atoms with E-state index in [1.165, 1.54) is 31.2 Å². The van der Waals surface area contributed by atoms with Gasteiger partial charge in [-0.15, -0.1) is 0 Å². The van der Waals surface area contributed by atoms with Gasteiger partial charge in [0.1, 0.15) is 0 Å². The van der Waals surface area contributed by atoms with Crippen molar-refractivity contribution in [2.45, 2.75) is 44.9 Å². The van der Waals surface area contributed by atoms with Crippen LogP contribution in [0.5, 0.6) is 0 Å². The van der Waals surface area contributed by atoms with E-state index in [0.29, 0.717) is 0 Å². The molecule has 0 radical (unpaired) electrons. The van der Waals surface area contributed by atoms with Gasteiger partial charge < -0.3 is 0 Å². The minimum atomic E-state index is 0.719. The van der Waals surface area contributed by atoms with E-state index < -0.39 is 0 Å². The SMILES string of the molecule is CCC=CC1CCC(c2ccc(N=C=S)cc2)CC1. The molecule has 0 aliphatic heterocycles. The van der Waals surface area contributed by atoms with Gasteiger partial charge in [-0.25, -0.2) is 0 Å². The fourth-order valence-electron chi connectivity index (χ4n) is 2.85. The van der Waals surface area contributed by atoms with E-state index in [0.717, 1.165) is 23.9 Å². The highest BCUT2D eigenvalue weighted by Crippen LogP contribution is 2.36. The molecule has 100 valence electrons. The van der Waals surface area contributed by atoms with Crippen LogP contribution in [0.4, 0.5) is 5.69 Å². The van der Waals surface area contributed by atoms with Gasteiger partial charge in [0.2, 0.25) is 0 Å². The monoisotopic (exact) mass is 271 g/mol. The minimum absolute atomic E-state index is 0.719. The third-order valence-electron chi connectivity index (χ3n) is 3.96. The van der Waals surface area contributed by atoms with Crippen molar-refractivity contribution in [3.63, 3.8) is 0 Å². The summed E-state index contributed by atoms with van der Waals surface area (Å²) in [5, 5.41) is 2.41. The van der Waals surface area contributed by atoms with Gasteiger partial charge in [-0.2, -0.15) is 4.99 Å². The van der Waals surface area contributed by atoms with Crippen molar-refractivity contribution in [3.8, 4) is 0 Å². The Kier molecular flexibility index (Phi) is 5.50. The molecule has 1 saturated carbocycles. The maximum absolute atomic E-state index is 4.62. The van der Waals surface area contributed by atoms with Crippen LogP contribution in [0.2, 0.25) is 0 Å². The summed E-state index contributed by atoms with van der Waals surface area (Å²) in [6, 6.07) is 8.46. The predicted octanol–water partition coefficient (Wildman–Crippen LogP) is 5.66. The molecule has 2 heteroatoms. The molecule has 0 atom stereocenters. The van der Waals surface area contributed by atoms with E-state index in [1.807, 2.05) is 12.1 Å². The Bertz CT molecular complexity index is 461. The highest BCUT2D eigenvalue weighted by atomic mass is 32.1. The van der Waals surface area contributed by atoms with Gasteiger partial charge in [-0.1, -0.05) is 31.2 Å². The molecule has 1 aromatic carbocycles. The average molecular weight is 271 g/mol. The maximum Gasteiger partial charge on any atom is 0.0739 e. The number of isothiocyanates is 1. The van der Waals surface area contributed by atoms with Crippen LogP contribution in [0.15, 0.2) is 41.4 Å². The number of hydrogen-bond acceptors (Lipinski definition) is 2. The van der Waals surface area contributed by atoms with Crippen molar-refractivity contribution < 1.29 is 0 Å². The Labute approximate surface area is 121 Å². The summed E-state index contributed by atoms with van der Waals surface area (Å²) >= 11 is 4.62. The van der Waals surface area contributed by atoms with Crippen LogP contribution < -0.4 is 0 Å². The zero-order chi connectivity index (χ0) is 13.5. The second-order valence-corrected chi connectivity index (χ2v) is 5.43. The molecule has 0 bridgehead atoms. The van der Waals surface area contributed by atoms with Gasteiger partial charge in [0.15, 0.2) is 0 Å². The second kappa shape index (κ2) is 7.37. The number of allylic oxidation sites excluding steroid dienone is 2. The first kappa shape index (κ1) is 14.2. The van der Waals surface area contributed by atoms with Gasteiger partial charge in [0, 0.05) is 0 Å². The van der Waals surface area contributed by atoms with E-state index in [4.69, 9.17) is 0 Å². The molecule has 0 heterocycles. The summed E-state index contributed by atoms with van der Waals surface area (Å²) in [4.78, 5) is 3.99. The highest BCUT2D eigenvalue weighted by Gasteiger charge is 2.20. The lowest BCUT2D eigenvalue weighted by molar-refractivity contribution is 0.375. The third kappa shape index (κ3) is 4.12. The lowest BCUT2D eigenvalue weighted by atomic mass is 9.78. The molecule has 0 saturated heterocycles. The van der Waals surface area contributed by atoms with Crippen molar-refractivity contribution in [1.29, 1.82) is 0 Å². The fraction of sp³-hybridized carbons (Fsp3) is 0.471. The number of nitrogens with zero attached hydrogens (tertiary/aromatic N) is 1. The fourth-order valence-corrected chi connectivity index (χ4v) is 2.95. The van der Waals surface area contributed by atoms with Crippen LogP contribution in [0.3, 0.4) is 0 Å². The molecule has 0 aromatic heterocycles. The van der Waals surface area contributed by atoms with E-state index in [9.17, 15) is 0 Å². The molecule has 0 amide bonds. The molecule has 19 heavy (non-hydrogen) atoms. The lowest BCUT2D eigenvalue weighted by Gasteiger charge is -2.27. The van der Waals surface area contributed by atoms with E-state index in [1.54, 1.807) is 0 Å². The minimum Gasteiger partial charge on any atom is -0.195 e. The zero-order valence-electron chi connectivity index (χ0n) is 11.5. The smallest absolute Gasteiger partial charge is 0.0739 e. The predicted molar refractivity (Wildman–Crippen MR) is 85.3 cm³/mol. The Morgan fingerprint density at radius 2 is 1.89 bits per heavy atom. The molecule has 1 nitrogen and oxygen atoms in total. The quantitative estimate of drug-likeness (QED) is 0.391. The summed E-state index contributed by atoms with van der Waals surface area (Å²) in [6.45, 7) is 2.20. The number of benzene rings is 1. The van der Waals surface area contributed by atoms with Crippen LogP contribution in [-0.4, -0.2) is 5.16 Å². The van der Waals surface area contributed by atoms with Crippen molar-refractivity contribution in [2.24, 2.45) is 10.9 Å². The Morgan fingerprint density at radius 1 is 1.21 bits per heavy atom. The normalized spacial score (nSPS) is 23.2. The standard InChI is InChI=1S/C17H21NS/c1-2-3-4-14-5-7-15(8-6-14)16-9-11-17(12-10-16)18-13-19/h3-4,9-12,14-15H,2,5-8H2,1H3. The van der Waals surface area contributed by atoms with Gasteiger partial charge in [0.05, 0.1) is 10.8 Å². The summed E-state index contributed by atoms with van der Waals surface area (Å²) in [5.74, 6) is 1.52.